The lowest BCUT2D eigenvalue weighted by Crippen LogP contribution is -2.46. The molecular weight excluding hydrogens is 287 g/mol. The Morgan fingerprint density at radius 1 is 1.43 bits per heavy atom. The summed E-state index contributed by atoms with van der Waals surface area (Å²) in [7, 11) is 0. The molecule has 1 aromatic rings. The second kappa shape index (κ2) is 5.88. The highest BCUT2D eigenvalue weighted by molar-refractivity contribution is 5.81. The second-order valence-corrected chi connectivity index (χ2v) is 5.04. The number of hydrogen-bond donors (Lipinski definition) is 2. The molecule has 1 fully saturated rings. The zero-order chi connectivity index (χ0) is 15.5. The van der Waals surface area contributed by atoms with Crippen LogP contribution in [0.4, 0.5) is 18.9 Å². The smallest absolute Gasteiger partial charge is 0.384 e. The maximum atomic E-state index is 12.6. The van der Waals surface area contributed by atoms with Gasteiger partial charge < -0.3 is 15.8 Å². The molecule has 0 saturated carbocycles. The van der Waals surface area contributed by atoms with Gasteiger partial charge in [-0.2, -0.15) is 13.2 Å². The fourth-order valence-electron chi connectivity index (χ4n) is 2.24. The summed E-state index contributed by atoms with van der Waals surface area (Å²) in [4.78, 5) is 14.9. The first-order chi connectivity index (χ1) is 9.83. The van der Waals surface area contributed by atoms with Crippen LogP contribution in [0.3, 0.4) is 0 Å². The number of carbonyl (C=O) groups is 1. The van der Waals surface area contributed by atoms with Crippen molar-refractivity contribution in [3.63, 3.8) is 0 Å². The SMILES string of the molecule is NC(=O)C1(CNc2ccnc(C(F)(F)F)c2)CCOCC1. The molecule has 2 rings (SSSR count). The molecule has 1 aliphatic rings. The van der Waals surface area contributed by atoms with E-state index >= 15 is 0 Å². The Labute approximate surface area is 119 Å². The van der Waals surface area contributed by atoms with Gasteiger partial charge in [-0.05, 0) is 25.0 Å². The van der Waals surface area contributed by atoms with Crippen LogP contribution in [0.2, 0.25) is 0 Å². The summed E-state index contributed by atoms with van der Waals surface area (Å²) < 4.78 is 43.0. The molecule has 1 amide bonds. The lowest BCUT2D eigenvalue weighted by Gasteiger charge is -2.34. The quantitative estimate of drug-likeness (QED) is 0.889. The Morgan fingerprint density at radius 3 is 2.67 bits per heavy atom. The van der Waals surface area contributed by atoms with Crippen molar-refractivity contribution in [2.45, 2.75) is 19.0 Å². The molecular formula is C13H16F3N3O2. The van der Waals surface area contributed by atoms with Gasteiger partial charge in [0.15, 0.2) is 0 Å². The van der Waals surface area contributed by atoms with Gasteiger partial charge in [0, 0.05) is 31.6 Å². The number of ether oxygens (including phenoxy) is 1. The maximum absolute atomic E-state index is 12.6. The molecule has 3 N–H and O–H groups in total. The zero-order valence-corrected chi connectivity index (χ0v) is 11.2. The summed E-state index contributed by atoms with van der Waals surface area (Å²) in [5.74, 6) is -0.469. The van der Waals surface area contributed by atoms with Crippen molar-refractivity contribution in [3.05, 3.63) is 24.0 Å². The van der Waals surface area contributed by atoms with E-state index in [1.54, 1.807) is 0 Å². The van der Waals surface area contributed by atoms with E-state index in [1.807, 2.05) is 0 Å². The molecule has 0 atom stereocenters. The third-order valence-electron chi connectivity index (χ3n) is 3.65. The fourth-order valence-corrected chi connectivity index (χ4v) is 2.24. The average molecular weight is 303 g/mol. The number of aromatic nitrogens is 1. The van der Waals surface area contributed by atoms with E-state index < -0.39 is 23.2 Å². The first-order valence-corrected chi connectivity index (χ1v) is 6.48. The summed E-state index contributed by atoms with van der Waals surface area (Å²) in [6, 6.07) is 2.33. The van der Waals surface area contributed by atoms with Crippen molar-refractivity contribution in [2.24, 2.45) is 11.1 Å². The van der Waals surface area contributed by atoms with Gasteiger partial charge in [-0.25, -0.2) is 0 Å². The van der Waals surface area contributed by atoms with Crippen LogP contribution in [0.25, 0.3) is 0 Å². The van der Waals surface area contributed by atoms with Gasteiger partial charge in [-0.3, -0.25) is 9.78 Å². The second-order valence-electron chi connectivity index (χ2n) is 5.04. The first kappa shape index (κ1) is 15.6. The predicted molar refractivity (Wildman–Crippen MR) is 69.4 cm³/mol. The van der Waals surface area contributed by atoms with Gasteiger partial charge in [0.25, 0.3) is 0 Å². The lowest BCUT2D eigenvalue weighted by atomic mass is 9.79. The van der Waals surface area contributed by atoms with E-state index in [0.29, 0.717) is 26.1 Å². The maximum Gasteiger partial charge on any atom is 0.433 e. The molecule has 1 aromatic heterocycles. The molecule has 0 unspecified atom stereocenters. The highest BCUT2D eigenvalue weighted by Crippen LogP contribution is 2.32. The Kier molecular flexibility index (Phi) is 4.36. The molecule has 5 nitrogen and oxygen atoms in total. The van der Waals surface area contributed by atoms with Gasteiger partial charge in [0.05, 0.1) is 5.41 Å². The third kappa shape index (κ3) is 3.63. The van der Waals surface area contributed by atoms with E-state index in [-0.39, 0.29) is 12.2 Å². The van der Waals surface area contributed by atoms with Gasteiger partial charge in [-0.1, -0.05) is 0 Å². The third-order valence-corrected chi connectivity index (χ3v) is 3.65. The fraction of sp³-hybridized carbons (Fsp3) is 0.538. The van der Waals surface area contributed by atoms with Crippen molar-refractivity contribution < 1.29 is 22.7 Å². The summed E-state index contributed by atoms with van der Waals surface area (Å²) in [6.45, 7) is 0.997. The van der Waals surface area contributed by atoms with Gasteiger partial charge in [0.2, 0.25) is 5.91 Å². The Hall–Kier alpha value is -1.83. The number of hydrogen-bond acceptors (Lipinski definition) is 4. The van der Waals surface area contributed by atoms with Gasteiger partial charge in [0.1, 0.15) is 5.69 Å². The van der Waals surface area contributed by atoms with E-state index in [0.717, 1.165) is 12.3 Å². The number of nitrogens with two attached hydrogens (primary N) is 1. The van der Waals surface area contributed by atoms with Crippen molar-refractivity contribution in [1.82, 2.24) is 4.98 Å². The molecule has 8 heteroatoms. The number of alkyl halides is 3. The van der Waals surface area contributed by atoms with E-state index in [9.17, 15) is 18.0 Å². The van der Waals surface area contributed by atoms with Crippen LogP contribution in [0.5, 0.6) is 0 Å². The molecule has 0 aliphatic carbocycles. The van der Waals surface area contributed by atoms with Crippen LogP contribution in [-0.4, -0.2) is 30.6 Å². The molecule has 21 heavy (non-hydrogen) atoms. The molecule has 0 spiro atoms. The Balaban J connectivity index is 2.09. The molecule has 1 saturated heterocycles. The highest BCUT2D eigenvalue weighted by Gasteiger charge is 2.38. The highest BCUT2D eigenvalue weighted by atomic mass is 19.4. The van der Waals surface area contributed by atoms with Crippen LogP contribution >= 0.6 is 0 Å². The minimum Gasteiger partial charge on any atom is -0.384 e. The van der Waals surface area contributed by atoms with E-state index in [1.165, 1.54) is 6.07 Å². The number of pyridine rings is 1. The number of nitrogens with one attached hydrogen (secondary N) is 1. The number of carbonyl (C=O) groups excluding carboxylic acids is 1. The number of amides is 1. The minimum absolute atomic E-state index is 0.174. The summed E-state index contributed by atoms with van der Waals surface area (Å²) in [5.41, 5.74) is 3.92. The van der Waals surface area contributed by atoms with Gasteiger partial charge >= 0.3 is 6.18 Å². The number of primary amides is 1. The summed E-state index contributed by atoms with van der Waals surface area (Å²) in [5, 5.41) is 2.85. The van der Waals surface area contributed by atoms with Crippen LogP contribution in [-0.2, 0) is 15.7 Å². The molecule has 116 valence electrons. The molecule has 2 heterocycles. The number of halogens is 3. The summed E-state index contributed by atoms with van der Waals surface area (Å²) in [6.07, 6.45) is -2.52. The topological polar surface area (TPSA) is 77.2 Å². The van der Waals surface area contributed by atoms with Crippen LogP contribution < -0.4 is 11.1 Å². The monoisotopic (exact) mass is 303 g/mol. The molecule has 0 radical (unpaired) electrons. The number of rotatable bonds is 4. The van der Waals surface area contributed by atoms with Crippen LogP contribution in [0, 0.1) is 5.41 Å². The van der Waals surface area contributed by atoms with Crippen molar-refractivity contribution in [3.8, 4) is 0 Å². The lowest BCUT2D eigenvalue weighted by molar-refractivity contribution is -0.141. The molecule has 1 aliphatic heterocycles. The van der Waals surface area contributed by atoms with E-state index in [2.05, 4.69) is 10.3 Å². The summed E-state index contributed by atoms with van der Waals surface area (Å²) >= 11 is 0. The average Bonchev–Trinajstić information content (AvgIpc) is 2.45. The van der Waals surface area contributed by atoms with Crippen molar-refractivity contribution in [2.75, 3.05) is 25.1 Å². The molecule has 0 aromatic carbocycles. The van der Waals surface area contributed by atoms with Gasteiger partial charge in [-0.15, -0.1) is 0 Å². The Morgan fingerprint density at radius 2 is 2.10 bits per heavy atom. The van der Waals surface area contributed by atoms with Crippen LogP contribution in [0.15, 0.2) is 18.3 Å². The first-order valence-electron chi connectivity index (χ1n) is 6.48. The number of anilines is 1. The van der Waals surface area contributed by atoms with Crippen molar-refractivity contribution >= 4 is 11.6 Å². The number of nitrogens with zero attached hydrogens (tertiary/aromatic N) is 1. The minimum atomic E-state index is -4.50. The predicted octanol–water partition coefficient (Wildman–Crippen LogP) is 1.79. The standard InChI is InChI=1S/C13H16F3N3O2/c14-13(15,16)10-7-9(1-4-18-10)19-8-12(11(17)20)2-5-21-6-3-12/h1,4,7H,2-3,5-6,8H2,(H2,17,20)(H,18,19). The normalized spacial score (nSPS) is 18.2. The molecule has 0 bridgehead atoms. The van der Waals surface area contributed by atoms with Crippen molar-refractivity contribution in [1.29, 1.82) is 0 Å². The zero-order valence-electron chi connectivity index (χ0n) is 11.2. The Bertz CT molecular complexity index is 514. The largest absolute Gasteiger partial charge is 0.433 e. The van der Waals surface area contributed by atoms with E-state index in [4.69, 9.17) is 10.5 Å². The van der Waals surface area contributed by atoms with Crippen LogP contribution in [0.1, 0.15) is 18.5 Å².